The molecule has 12 heavy (non-hydrogen) atoms. The van der Waals surface area contributed by atoms with Crippen LogP contribution in [-0.2, 0) is 4.74 Å². The van der Waals surface area contributed by atoms with E-state index < -0.39 is 6.10 Å². The number of hydrogen-bond donors (Lipinski definition) is 3. The lowest BCUT2D eigenvalue weighted by molar-refractivity contribution is 0.123. The Balaban J connectivity index is 2.26. The molecule has 1 unspecified atom stereocenters. The van der Waals surface area contributed by atoms with Crippen molar-refractivity contribution in [2.24, 2.45) is 0 Å². The van der Waals surface area contributed by atoms with Crippen molar-refractivity contribution in [1.82, 2.24) is 5.32 Å². The number of halogens is 1. The first-order valence-corrected chi connectivity index (χ1v) is 4.70. The summed E-state index contributed by atoms with van der Waals surface area (Å²) in [6.45, 7) is 0.924. The number of hydrogen-bond acceptors (Lipinski definition) is 4. The summed E-state index contributed by atoms with van der Waals surface area (Å²) in [5.74, 6) is 0. The SMILES string of the molecule is N=C(I)/C=C\NC1COC[C@@H]1O. The molecule has 1 aliphatic rings. The van der Waals surface area contributed by atoms with Crippen LogP contribution in [-0.4, -0.2) is 34.2 Å². The minimum atomic E-state index is -0.432. The first-order valence-electron chi connectivity index (χ1n) is 3.62. The van der Waals surface area contributed by atoms with E-state index in [1.54, 1.807) is 12.3 Å². The molecular formula is C7H11IN2O2. The second-order valence-electron chi connectivity index (χ2n) is 2.56. The third-order valence-corrected chi connectivity index (χ3v) is 1.95. The fourth-order valence-corrected chi connectivity index (χ4v) is 1.13. The molecule has 1 saturated heterocycles. The Morgan fingerprint density at radius 1 is 1.67 bits per heavy atom. The molecule has 0 saturated carbocycles. The van der Waals surface area contributed by atoms with Crippen LogP contribution in [0.5, 0.6) is 0 Å². The van der Waals surface area contributed by atoms with Gasteiger partial charge in [-0.1, -0.05) is 0 Å². The molecule has 3 N–H and O–H groups in total. The lowest BCUT2D eigenvalue weighted by Crippen LogP contribution is -2.35. The Hall–Kier alpha value is -0.140. The number of allylic oxidation sites excluding steroid dienone is 1. The van der Waals surface area contributed by atoms with Gasteiger partial charge in [0.05, 0.1) is 29.1 Å². The molecule has 0 spiro atoms. The van der Waals surface area contributed by atoms with Crippen LogP contribution in [0.3, 0.4) is 0 Å². The van der Waals surface area contributed by atoms with Crippen molar-refractivity contribution >= 4 is 26.3 Å². The highest BCUT2D eigenvalue weighted by Crippen LogP contribution is 2.04. The van der Waals surface area contributed by atoms with Crippen molar-refractivity contribution in [2.75, 3.05) is 13.2 Å². The normalized spacial score (nSPS) is 29.5. The van der Waals surface area contributed by atoms with E-state index in [4.69, 9.17) is 10.1 Å². The van der Waals surface area contributed by atoms with Gasteiger partial charge in [-0.15, -0.1) is 0 Å². The van der Waals surface area contributed by atoms with E-state index in [9.17, 15) is 5.11 Å². The molecular weight excluding hydrogens is 271 g/mol. The number of aliphatic hydroxyl groups is 1. The summed E-state index contributed by atoms with van der Waals surface area (Å²) < 4.78 is 5.48. The topological polar surface area (TPSA) is 65.3 Å². The molecule has 0 aromatic carbocycles. The zero-order valence-corrected chi connectivity index (χ0v) is 8.61. The Kier molecular flexibility index (Phi) is 3.96. The van der Waals surface area contributed by atoms with Crippen molar-refractivity contribution in [3.05, 3.63) is 12.3 Å². The maximum Gasteiger partial charge on any atom is 0.0996 e. The Morgan fingerprint density at radius 2 is 2.42 bits per heavy atom. The Morgan fingerprint density at radius 3 is 2.92 bits per heavy atom. The summed E-state index contributed by atoms with van der Waals surface area (Å²) in [5.41, 5.74) is 0. The average molecular weight is 282 g/mol. The maximum atomic E-state index is 9.28. The van der Waals surface area contributed by atoms with E-state index >= 15 is 0 Å². The molecule has 2 atom stereocenters. The van der Waals surface area contributed by atoms with Gasteiger partial charge in [0.25, 0.3) is 0 Å². The molecule has 68 valence electrons. The van der Waals surface area contributed by atoms with Crippen molar-refractivity contribution in [3.63, 3.8) is 0 Å². The van der Waals surface area contributed by atoms with Gasteiger partial charge >= 0.3 is 0 Å². The summed E-state index contributed by atoms with van der Waals surface area (Å²) in [5, 5.41) is 19.3. The van der Waals surface area contributed by atoms with Gasteiger partial charge in [0.15, 0.2) is 0 Å². The van der Waals surface area contributed by atoms with Gasteiger partial charge in [-0.05, 0) is 34.9 Å². The summed E-state index contributed by atoms with van der Waals surface area (Å²) >= 11 is 1.90. The maximum absolute atomic E-state index is 9.28. The smallest absolute Gasteiger partial charge is 0.0996 e. The standard InChI is InChI=1S/C7H11IN2O2/c8-7(9)1-2-10-5-3-12-4-6(5)11/h1-2,5-6,9-11H,3-4H2/b2-1-,9-7?/t5?,6-/m0/s1. The van der Waals surface area contributed by atoms with Gasteiger partial charge in [0.2, 0.25) is 0 Å². The van der Waals surface area contributed by atoms with Crippen LogP contribution in [0.1, 0.15) is 0 Å². The predicted molar refractivity (Wildman–Crippen MR) is 54.6 cm³/mol. The molecule has 1 heterocycles. The zero-order valence-electron chi connectivity index (χ0n) is 6.46. The molecule has 5 heteroatoms. The van der Waals surface area contributed by atoms with Crippen molar-refractivity contribution in [1.29, 1.82) is 5.41 Å². The third-order valence-electron chi connectivity index (χ3n) is 1.59. The van der Waals surface area contributed by atoms with E-state index in [0.717, 1.165) is 0 Å². The van der Waals surface area contributed by atoms with Crippen LogP contribution in [0.25, 0.3) is 0 Å². The summed E-state index contributed by atoms with van der Waals surface area (Å²) in [4.78, 5) is 0. The van der Waals surface area contributed by atoms with E-state index in [1.807, 2.05) is 22.6 Å². The van der Waals surface area contributed by atoms with Gasteiger partial charge in [-0.3, -0.25) is 5.41 Å². The molecule has 1 rings (SSSR count). The average Bonchev–Trinajstić information content (AvgIpc) is 2.36. The van der Waals surface area contributed by atoms with Crippen molar-refractivity contribution in [2.45, 2.75) is 12.1 Å². The minimum Gasteiger partial charge on any atom is -0.388 e. The van der Waals surface area contributed by atoms with Crippen LogP contribution >= 0.6 is 22.6 Å². The van der Waals surface area contributed by atoms with Gasteiger partial charge in [0, 0.05) is 0 Å². The molecule has 0 radical (unpaired) electrons. The second kappa shape index (κ2) is 4.78. The Labute approximate surface area is 84.6 Å². The lowest BCUT2D eigenvalue weighted by Gasteiger charge is -2.11. The zero-order chi connectivity index (χ0) is 8.97. The number of aliphatic hydroxyl groups excluding tert-OH is 1. The van der Waals surface area contributed by atoms with Gasteiger partial charge in [-0.2, -0.15) is 0 Å². The van der Waals surface area contributed by atoms with Crippen LogP contribution < -0.4 is 5.32 Å². The van der Waals surface area contributed by atoms with Gasteiger partial charge in [0.1, 0.15) is 0 Å². The molecule has 1 fully saturated rings. The number of rotatable bonds is 3. The second-order valence-corrected chi connectivity index (χ2v) is 3.72. The largest absolute Gasteiger partial charge is 0.388 e. The van der Waals surface area contributed by atoms with E-state index in [1.165, 1.54) is 0 Å². The van der Waals surface area contributed by atoms with Crippen molar-refractivity contribution < 1.29 is 9.84 Å². The third kappa shape index (κ3) is 3.08. The molecule has 0 bridgehead atoms. The highest BCUT2D eigenvalue weighted by atomic mass is 127. The summed E-state index contributed by atoms with van der Waals surface area (Å²) in [6.07, 6.45) is 2.86. The van der Waals surface area contributed by atoms with Crippen molar-refractivity contribution in [3.8, 4) is 0 Å². The first-order chi connectivity index (χ1) is 5.70. The summed E-state index contributed by atoms with van der Waals surface area (Å²) in [7, 11) is 0. The van der Waals surface area contributed by atoms with E-state index in [2.05, 4.69) is 5.32 Å². The minimum absolute atomic E-state index is 0.0306. The highest BCUT2D eigenvalue weighted by molar-refractivity contribution is 14.1. The Bertz CT molecular complexity index is 196. The fourth-order valence-electron chi connectivity index (χ4n) is 0.947. The molecule has 0 amide bonds. The molecule has 0 aliphatic carbocycles. The monoisotopic (exact) mass is 282 g/mol. The van der Waals surface area contributed by atoms with Gasteiger partial charge < -0.3 is 15.2 Å². The molecule has 0 aromatic rings. The first kappa shape index (κ1) is 9.94. The fraction of sp³-hybridized carbons (Fsp3) is 0.571. The van der Waals surface area contributed by atoms with E-state index in [-0.39, 0.29) is 6.04 Å². The molecule has 1 aliphatic heterocycles. The van der Waals surface area contributed by atoms with Crippen LogP contribution in [0.4, 0.5) is 0 Å². The quantitative estimate of drug-likeness (QED) is 0.514. The van der Waals surface area contributed by atoms with E-state index in [0.29, 0.717) is 16.9 Å². The number of nitrogens with one attached hydrogen (secondary N) is 2. The highest BCUT2D eigenvalue weighted by Gasteiger charge is 2.24. The number of ether oxygens (including phenoxy) is 1. The van der Waals surface area contributed by atoms with Gasteiger partial charge in [-0.25, -0.2) is 0 Å². The molecule has 0 aromatic heterocycles. The van der Waals surface area contributed by atoms with Crippen LogP contribution in [0.15, 0.2) is 12.3 Å². The molecule has 4 nitrogen and oxygen atoms in total. The summed E-state index contributed by atoms with van der Waals surface area (Å²) in [6, 6.07) is -0.0306. The lowest BCUT2D eigenvalue weighted by atomic mass is 10.2. The van der Waals surface area contributed by atoms with Crippen LogP contribution in [0, 0.1) is 5.41 Å². The predicted octanol–water partition coefficient (Wildman–Crippen LogP) is 0.262. The van der Waals surface area contributed by atoms with Crippen LogP contribution in [0.2, 0.25) is 0 Å².